The molecule has 1 unspecified atom stereocenters. The molecule has 1 rings (SSSR count). The van der Waals surface area contributed by atoms with Gasteiger partial charge in [-0.05, 0) is 16.6 Å². The monoisotopic (exact) mass is 327 g/mol. The van der Waals surface area contributed by atoms with Crippen LogP contribution in [-0.4, -0.2) is 33.7 Å². The Morgan fingerprint density at radius 3 is 1.95 bits per heavy atom. The normalized spacial score (nSPS) is 17.9. The van der Waals surface area contributed by atoms with Gasteiger partial charge in [0.25, 0.3) is 0 Å². The molecule has 1 N–H and O–H groups in total. The minimum Gasteiger partial charge on any atom is -0.447 e. The van der Waals surface area contributed by atoms with Crippen molar-refractivity contribution in [1.29, 1.82) is 0 Å². The van der Waals surface area contributed by atoms with Gasteiger partial charge in [-0.2, -0.15) is 0 Å². The number of hydrogen-bond donors (Lipinski definition) is 1. The van der Waals surface area contributed by atoms with Crippen LogP contribution < -0.4 is 5.32 Å². The van der Waals surface area contributed by atoms with Gasteiger partial charge >= 0.3 is 6.09 Å². The molecule has 1 amide bonds. The summed E-state index contributed by atoms with van der Waals surface area (Å²) in [5.41, 5.74) is 2.01. The summed E-state index contributed by atoms with van der Waals surface area (Å²) in [6.07, 6.45) is 3.16. The lowest BCUT2D eigenvalue weighted by atomic mass is 10.3. The Hall–Kier alpha value is -1.07. The van der Waals surface area contributed by atoms with Crippen LogP contribution in [0.15, 0.2) is 25.3 Å². The second-order valence-corrected chi connectivity index (χ2v) is 12.0. The van der Waals surface area contributed by atoms with Crippen LogP contribution in [0.3, 0.4) is 0 Å². The lowest BCUT2D eigenvalue weighted by molar-refractivity contribution is 0.177. The molecule has 5 heteroatoms. The Labute approximate surface area is 137 Å². The minimum atomic E-state index is -1.62. The van der Waals surface area contributed by atoms with Gasteiger partial charge in [-0.3, -0.25) is 0 Å². The second-order valence-electron chi connectivity index (χ2n) is 6.50. The molecule has 0 aromatic carbocycles. The molecule has 0 radical (unpaired) electrons. The number of carbonyl (C=O) groups is 1. The van der Waals surface area contributed by atoms with Gasteiger partial charge < -0.3 is 14.5 Å². The lowest BCUT2D eigenvalue weighted by Gasteiger charge is -2.41. The standard InChI is InChI=1S/C12H26OSi.C5H7NO2/c1-8-9-13-14(10(2)3,11(4)5)12(6)7;1-2-4-3-8-5(7)6-4/h8,10-12H,1,9H2,2-7H3;2,4H,1,3H2,(H,6,7). The van der Waals surface area contributed by atoms with Gasteiger partial charge in [0.15, 0.2) is 0 Å². The van der Waals surface area contributed by atoms with Gasteiger partial charge in [-0.1, -0.05) is 53.7 Å². The van der Waals surface area contributed by atoms with E-state index in [2.05, 4.69) is 64.8 Å². The van der Waals surface area contributed by atoms with E-state index in [1.54, 1.807) is 6.08 Å². The summed E-state index contributed by atoms with van der Waals surface area (Å²) in [6.45, 7) is 22.2. The third-order valence-corrected chi connectivity index (χ3v) is 10.2. The van der Waals surface area contributed by atoms with Crippen molar-refractivity contribution in [2.75, 3.05) is 13.2 Å². The number of rotatable bonds is 7. The Bertz CT molecular complexity index is 345. The Kier molecular flexibility index (Phi) is 9.36. The number of alkyl carbamates (subject to hydrolysis) is 1. The number of cyclic esters (lactones) is 1. The van der Waals surface area contributed by atoms with Crippen LogP contribution >= 0.6 is 0 Å². The smallest absolute Gasteiger partial charge is 0.407 e. The second kappa shape index (κ2) is 9.85. The van der Waals surface area contributed by atoms with E-state index in [0.717, 1.165) is 0 Å². The average molecular weight is 328 g/mol. The molecule has 0 aromatic rings. The van der Waals surface area contributed by atoms with Crippen LogP contribution in [-0.2, 0) is 9.16 Å². The fourth-order valence-corrected chi connectivity index (χ4v) is 8.64. The molecule has 0 aliphatic carbocycles. The van der Waals surface area contributed by atoms with Gasteiger partial charge in [0.05, 0.1) is 12.6 Å². The first-order valence-electron chi connectivity index (χ1n) is 8.02. The van der Waals surface area contributed by atoms with E-state index in [0.29, 0.717) is 29.8 Å². The highest BCUT2D eigenvalue weighted by molar-refractivity contribution is 6.77. The van der Waals surface area contributed by atoms with Gasteiger partial charge in [0.2, 0.25) is 8.32 Å². The van der Waals surface area contributed by atoms with Gasteiger partial charge in [-0.25, -0.2) is 4.79 Å². The molecule has 1 saturated heterocycles. The summed E-state index contributed by atoms with van der Waals surface area (Å²) in [4.78, 5) is 10.2. The molecule has 1 atom stereocenters. The average Bonchev–Trinajstić information content (AvgIpc) is 2.85. The van der Waals surface area contributed by atoms with E-state index in [1.807, 2.05) is 6.08 Å². The van der Waals surface area contributed by atoms with E-state index in [1.165, 1.54) is 0 Å². The number of ether oxygens (including phenoxy) is 1. The summed E-state index contributed by atoms with van der Waals surface area (Å²) in [7, 11) is -1.62. The molecule has 22 heavy (non-hydrogen) atoms. The molecule has 4 nitrogen and oxygen atoms in total. The molecule has 0 spiro atoms. The summed E-state index contributed by atoms with van der Waals surface area (Å²) in [5.74, 6) is 0. The third kappa shape index (κ3) is 5.61. The van der Waals surface area contributed by atoms with Crippen LogP contribution in [0.25, 0.3) is 0 Å². The maximum Gasteiger partial charge on any atom is 0.407 e. The summed E-state index contributed by atoms with van der Waals surface area (Å²) < 4.78 is 10.7. The number of carbonyl (C=O) groups excluding carboxylic acids is 1. The summed E-state index contributed by atoms with van der Waals surface area (Å²) in [6, 6.07) is 0.0162. The highest BCUT2D eigenvalue weighted by Crippen LogP contribution is 2.42. The van der Waals surface area contributed by atoms with Crippen molar-refractivity contribution in [3.8, 4) is 0 Å². The van der Waals surface area contributed by atoms with Gasteiger partial charge in [0.1, 0.15) is 6.61 Å². The van der Waals surface area contributed by atoms with Crippen LogP contribution in [0.1, 0.15) is 41.5 Å². The molecule has 0 saturated carbocycles. The largest absolute Gasteiger partial charge is 0.447 e. The highest BCUT2D eigenvalue weighted by atomic mass is 28.4. The van der Waals surface area contributed by atoms with E-state index in [9.17, 15) is 4.79 Å². The molecule has 1 heterocycles. The van der Waals surface area contributed by atoms with Crippen molar-refractivity contribution in [2.45, 2.75) is 64.2 Å². The molecule has 128 valence electrons. The SMILES string of the molecule is C=CC1COC(=O)N1.C=CCO[Si](C(C)C)(C(C)C)C(C)C. The van der Waals surface area contributed by atoms with Crippen LogP contribution in [0.2, 0.25) is 16.6 Å². The maximum atomic E-state index is 10.2. The molecular weight excluding hydrogens is 294 g/mol. The first kappa shape index (κ1) is 20.9. The Morgan fingerprint density at radius 2 is 1.73 bits per heavy atom. The van der Waals surface area contributed by atoms with E-state index in [-0.39, 0.29) is 12.1 Å². The minimum absolute atomic E-state index is 0.0162. The predicted octanol–water partition coefficient (Wildman–Crippen LogP) is 4.65. The molecule has 1 aliphatic heterocycles. The van der Waals surface area contributed by atoms with Crippen molar-refractivity contribution in [3.63, 3.8) is 0 Å². The van der Waals surface area contributed by atoms with Crippen LogP contribution in [0, 0.1) is 0 Å². The first-order valence-corrected chi connectivity index (χ1v) is 10.2. The molecular formula is C17H33NO3Si. The number of nitrogens with one attached hydrogen (secondary N) is 1. The molecule has 0 bridgehead atoms. The number of hydrogen-bond acceptors (Lipinski definition) is 3. The summed E-state index contributed by atoms with van der Waals surface area (Å²) in [5, 5.41) is 2.52. The van der Waals surface area contributed by atoms with Crippen LogP contribution in [0.4, 0.5) is 4.79 Å². The fraction of sp³-hybridized carbons (Fsp3) is 0.706. The van der Waals surface area contributed by atoms with Crippen molar-refractivity contribution in [2.24, 2.45) is 0 Å². The van der Waals surface area contributed by atoms with Crippen molar-refractivity contribution in [3.05, 3.63) is 25.3 Å². The van der Waals surface area contributed by atoms with Crippen molar-refractivity contribution >= 4 is 14.4 Å². The van der Waals surface area contributed by atoms with E-state index < -0.39 is 8.32 Å². The maximum absolute atomic E-state index is 10.2. The van der Waals surface area contributed by atoms with Gasteiger partial charge in [0, 0.05) is 0 Å². The third-order valence-electron chi connectivity index (χ3n) is 4.14. The Balaban J connectivity index is 0.000000461. The molecule has 1 fully saturated rings. The quantitative estimate of drug-likeness (QED) is 0.547. The zero-order valence-electron chi connectivity index (χ0n) is 15.0. The topological polar surface area (TPSA) is 47.6 Å². The molecule has 1 aliphatic rings. The first-order chi connectivity index (χ1) is 10.2. The van der Waals surface area contributed by atoms with Crippen molar-refractivity contribution in [1.82, 2.24) is 5.32 Å². The zero-order valence-corrected chi connectivity index (χ0v) is 16.0. The Morgan fingerprint density at radius 1 is 1.23 bits per heavy atom. The van der Waals surface area contributed by atoms with E-state index >= 15 is 0 Å². The van der Waals surface area contributed by atoms with Gasteiger partial charge in [-0.15, -0.1) is 13.2 Å². The zero-order chi connectivity index (χ0) is 17.3. The predicted molar refractivity (Wildman–Crippen MR) is 95.7 cm³/mol. The van der Waals surface area contributed by atoms with Crippen LogP contribution in [0.5, 0.6) is 0 Å². The lowest BCUT2D eigenvalue weighted by Crippen LogP contribution is -2.47. The van der Waals surface area contributed by atoms with E-state index in [4.69, 9.17) is 4.43 Å². The fourth-order valence-electron chi connectivity index (χ4n) is 3.23. The van der Waals surface area contributed by atoms with Crippen molar-refractivity contribution < 1.29 is 14.0 Å². The molecule has 0 aromatic heterocycles. The highest BCUT2D eigenvalue weighted by Gasteiger charge is 2.44. The summed E-state index contributed by atoms with van der Waals surface area (Å²) >= 11 is 0. The number of amides is 1.